The van der Waals surface area contributed by atoms with Gasteiger partial charge in [0.15, 0.2) is 6.29 Å². The Morgan fingerprint density at radius 2 is 1.55 bits per heavy atom. The molecule has 1 fully saturated rings. The van der Waals surface area contributed by atoms with Crippen molar-refractivity contribution in [2.45, 2.75) is 148 Å². The van der Waals surface area contributed by atoms with Gasteiger partial charge in [0, 0.05) is 27.8 Å². The molecule has 0 saturated carbocycles. The van der Waals surface area contributed by atoms with E-state index in [9.17, 15) is 29.4 Å². The second-order valence-corrected chi connectivity index (χ2v) is 17.9. The Balaban J connectivity index is 2.30. The van der Waals surface area contributed by atoms with Gasteiger partial charge < -0.3 is 40.1 Å². The monoisotopic (exact) mass is 808 g/mol. The van der Waals surface area contributed by atoms with Gasteiger partial charge in [0.1, 0.15) is 6.04 Å². The van der Waals surface area contributed by atoms with Gasteiger partial charge in [0.25, 0.3) is 0 Å². The summed E-state index contributed by atoms with van der Waals surface area (Å²) in [5, 5.41) is 26.0. The summed E-state index contributed by atoms with van der Waals surface area (Å²) in [5.41, 5.74) is 0.843. The number of carbonyl (C=O) groups excluding carboxylic acids is 4. The number of likely N-dealkylation sites (tertiary alicyclic amines) is 1. The molecule has 1 aliphatic heterocycles. The van der Waals surface area contributed by atoms with Gasteiger partial charge in [-0.3, -0.25) is 24.1 Å². The van der Waals surface area contributed by atoms with Crippen molar-refractivity contribution >= 4 is 36.3 Å². The summed E-state index contributed by atoms with van der Waals surface area (Å²) in [7, 11) is 6.63. The normalized spacial score (nSPS) is 19.4. The van der Waals surface area contributed by atoms with E-state index in [-0.39, 0.29) is 48.3 Å². The molecule has 0 spiro atoms. The minimum Gasteiger partial charge on any atom is -0.379 e. The second kappa shape index (κ2) is 22.4. The minimum atomic E-state index is -1.78. The Kier molecular flexibility index (Phi) is 19.8. The van der Waals surface area contributed by atoms with Crippen LogP contribution < -0.4 is 10.6 Å². The fourth-order valence-electron chi connectivity index (χ4n) is 7.96. The number of likely N-dealkylation sites (N-methyl/N-ethyl adjacent to an activating group) is 2. The fraction of sp³-hybridized carbons (Fsp3) is 0.762. The van der Waals surface area contributed by atoms with Crippen molar-refractivity contribution in [2.75, 3.05) is 34.9 Å². The smallest absolute Gasteiger partial charge is 0.245 e. The Morgan fingerprint density at radius 3 is 2.04 bits per heavy atom. The highest BCUT2D eigenvalue weighted by atomic mass is 32.1. The first-order valence-electron chi connectivity index (χ1n) is 20.2. The number of benzene rings is 1. The molecule has 0 aliphatic carbocycles. The molecule has 4 N–H and O–H groups in total. The number of carbonyl (C=O) groups is 4. The molecule has 1 aliphatic rings. The summed E-state index contributed by atoms with van der Waals surface area (Å²) < 4.78 is 11.9. The Morgan fingerprint density at radius 1 is 0.946 bits per heavy atom. The standard InChI is InChI=1S/C42H73N5O8S/c1-14-27(6)36(45(10)40(51)34(25(2)3)44-39(50)35(26(4)5)46(11)42(8,9)56)32(54-12)24-33(48)47-22-18-21-31(47)37(55-13)28(7)38(49)43-30(41(52)53)23-29-19-16-15-17-20-29/h15-17,19-20,25-28,30-32,34-37,41,52-53,56H,14,18,21-24H2,1-13H3,(H,43,49)(H,44,50)/t27-,28+,30?,31-,32+,34-,35-,36-,37+/m0/s1. The minimum absolute atomic E-state index is 0.0115. The van der Waals surface area contributed by atoms with Crippen LogP contribution in [0.15, 0.2) is 30.3 Å². The van der Waals surface area contributed by atoms with E-state index >= 15 is 0 Å². The highest BCUT2D eigenvalue weighted by Crippen LogP contribution is 2.30. The van der Waals surface area contributed by atoms with Gasteiger partial charge in [-0.1, -0.05) is 85.2 Å². The number of amides is 4. The van der Waals surface area contributed by atoms with E-state index in [0.717, 1.165) is 5.56 Å². The molecule has 4 amide bonds. The van der Waals surface area contributed by atoms with E-state index in [4.69, 9.17) is 22.1 Å². The predicted octanol–water partition coefficient (Wildman–Crippen LogP) is 3.71. The maximum Gasteiger partial charge on any atom is 0.245 e. The van der Waals surface area contributed by atoms with E-state index < -0.39 is 65.4 Å². The topological polar surface area (TPSA) is 161 Å². The van der Waals surface area contributed by atoms with Crippen LogP contribution in [-0.4, -0.2) is 137 Å². The number of nitrogens with one attached hydrogen (secondary N) is 2. The maximum atomic E-state index is 14.4. The zero-order valence-corrected chi connectivity index (χ0v) is 37.1. The number of hydrogen-bond acceptors (Lipinski definition) is 10. The molecule has 0 aromatic heterocycles. The van der Waals surface area contributed by atoms with Crippen molar-refractivity contribution in [1.29, 1.82) is 0 Å². The quantitative estimate of drug-likeness (QED) is 0.0870. The van der Waals surface area contributed by atoms with E-state index in [1.54, 1.807) is 30.9 Å². The molecule has 9 atom stereocenters. The van der Waals surface area contributed by atoms with Crippen LogP contribution in [0.25, 0.3) is 0 Å². The van der Waals surface area contributed by atoms with Crippen molar-refractivity contribution in [1.82, 2.24) is 25.3 Å². The van der Waals surface area contributed by atoms with Gasteiger partial charge >= 0.3 is 0 Å². The molecule has 0 bridgehead atoms. The first-order valence-corrected chi connectivity index (χ1v) is 20.6. The van der Waals surface area contributed by atoms with E-state index in [1.807, 2.05) is 97.7 Å². The number of nitrogens with zero attached hydrogens (tertiary/aromatic N) is 3. The molecule has 1 aromatic rings. The lowest BCUT2D eigenvalue weighted by Crippen LogP contribution is -2.61. The predicted molar refractivity (Wildman–Crippen MR) is 223 cm³/mol. The third kappa shape index (κ3) is 13.1. The Labute approximate surface area is 342 Å². The van der Waals surface area contributed by atoms with Gasteiger partial charge in [0.05, 0.1) is 53.6 Å². The summed E-state index contributed by atoms with van der Waals surface area (Å²) in [6.07, 6.45) is -0.840. The van der Waals surface area contributed by atoms with Crippen LogP contribution >= 0.6 is 12.6 Å². The number of thiol groups is 1. The SMILES string of the molecule is CC[C@H](C)[C@@H]([C@@H](CC(=O)N1CCC[C@H]1[C@H](OC)[C@@H](C)C(=O)NC(Cc1ccccc1)C(O)O)OC)N(C)C(=O)[C@@H](NC(=O)[C@H](C(C)C)N(C)C(C)(C)S)C(C)C. The van der Waals surface area contributed by atoms with Gasteiger partial charge in [-0.2, -0.15) is 12.6 Å². The molecular formula is C42H73N5O8S. The molecule has 1 unspecified atom stereocenters. The van der Waals surface area contributed by atoms with Gasteiger partial charge in [0.2, 0.25) is 23.6 Å². The van der Waals surface area contributed by atoms with Gasteiger partial charge in [-0.05, 0) is 63.5 Å². The number of aliphatic hydroxyl groups is 2. The van der Waals surface area contributed by atoms with Crippen LogP contribution in [-0.2, 0) is 35.1 Å². The van der Waals surface area contributed by atoms with Crippen molar-refractivity contribution in [2.24, 2.45) is 23.7 Å². The molecule has 1 heterocycles. The molecule has 14 heteroatoms. The first kappa shape index (κ1) is 49.4. The van der Waals surface area contributed by atoms with Crippen molar-refractivity contribution in [3.05, 3.63) is 35.9 Å². The zero-order valence-electron chi connectivity index (χ0n) is 36.2. The lowest BCUT2D eigenvalue weighted by Gasteiger charge is -2.42. The van der Waals surface area contributed by atoms with Crippen LogP contribution in [0.5, 0.6) is 0 Å². The molecule has 1 aromatic carbocycles. The zero-order chi connectivity index (χ0) is 42.7. The Bertz CT molecular complexity index is 1390. The first-order chi connectivity index (χ1) is 26.1. The van der Waals surface area contributed by atoms with Crippen LogP contribution in [0.2, 0.25) is 0 Å². The highest BCUT2D eigenvalue weighted by Gasteiger charge is 2.44. The second-order valence-electron chi connectivity index (χ2n) is 16.8. The summed E-state index contributed by atoms with van der Waals surface area (Å²) in [5.74, 6) is -2.15. The van der Waals surface area contributed by atoms with Gasteiger partial charge in [-0.25, -0.2) is 0 Å². The molecule has 2 rings (SSSR count). The van der Waals surface area contributed by atoms with E-state index in [1.165, 1.54) is 7.11 Å². The van der Waals surface area contributed by atoms with Crippen LogP contribution in [0, 0.1) is 23.7 Å². The van der Waals surface area contributed by atoms with Gasteiger partial charge in [-0.15, -0.1) is 0 Å². The summed E-state index contributed by atoms with van der Waals surface area (Å²) in [6, 6.07) is 6.09. The molecule has 1 saturated heterocycles. The maximum absolute atomic E-state index is 14.4. The van der Waals surface area contributed by atoms with Crippen molar-refractivity contribution < 1.29 is 38.9 Å². The van der Waals surface area contributed by atoms with Crippen LogP contribution in [0.3, 0.4) is 0 Å². The van der Waals surface area contributed by atoms with Crippen LogP contribution in [0.4, 0.5) is 0 Å². The summed E-state index contributed by atoms with van der Waals surface area (Å²) in [6.45, 7) is 17.8. The van der Waals surface area contributed by atoms with Crippen LogP contribution in [0.1, 0.15) is 93.6 Å². The largest absolute Gasteiger partial charge is 0.379 e. The summed E-state index contributed by atoms with van der Waals surface area (Å²) in [4.78, 5) is 60.7. The number of hydrogen-bond donors (Lipinski definition) is 5. The average molecular weight is 808 g/mol. The average Bonchev–Trinajstić information content (AvgIpc) is 3.62. The van der Waals surface area contributed by atoms with Crippen molar-refractivity contribution in [3.63, 3.8) is 0 Å². The molecule has 56 heavy (non-hydrogen) atoms. The molecular weight excluding hydrogens is 735 g/mol. The van der Waals surface area contributed by atoms with E-state index in [2.05, 4.69) is 10.6 Å². The number of rotatable bonds is 22. The summed E-state index contributed by atoms with van der Waals surface area (Å²) >= 11 is 4.69. The molecule has 0 radical (unpaired) electrons. The fourth-order valence-corrected chi connectivity index (χ4v) is 8.08. The number of ether oxygens (including phenoxy) is 2. The third-order valence-electron chi connectivity index (χ3n) is 11.7. The molecule has 320 valence electrons. The van der Waals surface area contributed by atoms with E-state index in [0.29, 0.717) is 25.8 Å². The number of methoxy groups -OCH3 is 2. The highest BCUT2D eigenvalue weighted by molar-refractivity contribution is 7.81. The lowest BCUT2D eigenvalue weighted by atomic mass is 9.89. The molecule has 13 nitrogen and oxygen atoms in total. The third-order valence-corrected chi connectivity index (χ3v) is 12.0. The Hall–Kier alpha value is -2.75. The van der Waals surface area contributed by atoms with Crippen molar-refractivity contribution in [3.8, 4) is 0 Å². The lowest BCUT2D eigenvalue weighted by molar-refractivity contribution is -0.148. The number of aliphatic hydroxyl groups excluding tert-OH is 1.